The minimum Gasteiger partial charge on any atom is -0.439 e. The van der Waals surface area contributed by atoms with Crippen LogP contribution >= 0.6 is 11.8 Å². The molecule has 3 aliphatic heterocycles. The number of fused-ring (bicyclic) bond motifs is 4. The van der Waals surface area contributed by atoms with Gasteiger partial charge in [0.1, 0.15) is 5.75 Å². The number of carbonyl (C=O) groups is 1. The number of hydrogen-bond acceptors (Lipinski definition) is 5. The highest BCUT2D eigenvalue weighted by atomic mass is 32.2. The van der Waals surface area contributed by atoms with Gasteiger partial charge >= 0.3 is 5.18 Å². The summed E-state index contributed by atoms with van der Waals surface area (Å²) in [6.07, 6.45) is 2.64. The van der Waals surface area contributed by atoms with Crippen LogP contribution in [0.25, 0.3) is 6.08 Å². The number of thioether (sulfide) groups is 1. The number of nitrogens with zero attached hydrogens (tertiary/aromatic N) is 2. The van der Waals surface area contributed by atoms with E-state index in [0.717, 1.165) is 34.6 Å². The number of benzene rings is 3. The minimum atomic E-state index is -1.10. The second kappa shape index (κ2) is 7.03. The number of carbonyl (C=O) groups excluding carboxylic acids is 1. The molecule has 0 saturated carbocycles. The zero-order chi connectivity index (χ0) is 20.8. The maximum atomic E-state index is 12.9. The van der Waals surface area contributed by atoms with E-state index in [1.54, 1.807) is 0 Å². The molecular weight excluding hydrogens is 406 g/mol. The van der Waals surface area contributed by atoms with Crippen LogP contribution in [0, 0.1) is 0 Å². The van der Waals surface area contributed by atoms with Gasteiger partial charge in [0, 0.05) is 12.0 Å². The van der Waals surface area contributed by atoms with Crippen molar-refractivity contribution in [3.05, 3.63) is 107 Å². The van der Waals surface area contributed by atoms with Crippen LogP contribution in [0.5, 0.6) is 5.75 Å². The summed E-state index contributed by atoms with van der Waals surface area (Å²) in [4.78, 5) is 13.6. The van der Waals surface area contributed by atoms with Gasteiger partial charge in [-0.1, -0.05) is 78.9 Å². The van der Waals surface area contributed by atoms with Crippen LogP contribution < -0.4 is 10.1 Å². The largest absolute Gasteiger partial charge is 0.439 e. The second-order valence-corrected chi connectivity index (χ2v) is 8.87. The number of amides is 1. The Bertz CT molecular complexity index is 1230. The Labute approximate surface area is 184 Å². The van der Waals surface area contributed by atoms with Crippen molar-refractivity contribution in [2.24, 2.45) is 5.10 Å². The predicted octanol–water partition coefficient (Wildman–Crippen LogP) is 4.75. The van der Waals surface area contributed by atoms with Gasteiger partial charge in [-0.25, -0.2) is 5.01 Å². The number of rotatable bonds is 2. The smallest absolute Gasteiger partial charge is 0.336 e. The molecule has 6 rings (SSSR count). The van der Waals surface area contributed by atoms with Crippen molar-refractivity contribution in [3.63, 3.8) is 0 Å². The molecule has 1 amide bonds. The molecule has 0 bridgehead atoms. The lowest BCUT2D eigenvalue weighted by atomic mass is 9.97. The van der Waals surface area contributed by atoms with Crippen LogP contribution in [0.15, 0.2) is 94.9 Å². The minimum absolute atomic E-state index is 0.0102. The summed E-state index contributed by atoms with van der Waals surface area (Å²) in [5.74, 6) is 0.623. The summed E-state index contributed by atoms with van der Waals surface area (Å²) in [5, 5.41) is 8.85. The highest BCUT2D eigenvalue weighted by Gasteiger charge is 2.57. The molecule has 0 aromatic heterocycles. The Morgan fingerprint density at radius 3 is 2.52 bits per heavy atom. The Morgan fingerprint density at radius 2 is 1.71 bits per heavy atom. The average Bonchev–Trinajstić information content (AvgIpc) is 3.39. The van der Waals surface area contributed by atoms with E-state index in [-0.39, 0.29) is 11.9 Å². The number of nitrogens with one attached hydrogen (secondary N) is 1. The van der Waals surface area contributed by atoms with Crippen LogP contribution in [-0.2, 0) is 4.79 Å². The van der Waals surface area contributed by atoms with Gasteiger partial charge in [0.25, 0.3) is 5.91 Å². The molecule has 3 aromatic rings. The molecule has 0 radical (unpaired) electrons. The van der Waals surface area contributed by atoms with E-state index in [1.807, 2.05) is 77.8 Å². The first-order valence-corrected chi connectivity index (χ1v) is 11.0. The molecule has 3 heterocycles. The summed E-state index contributed by atoms with van der Waals surface area (Å²) in [6.45, 7) is 0. The standard InChI is InChI=1S/C25H19N3O2S/c29-24-23(15-17-9-3-1-4-10-17)31-25(26-24)28-21(19-13-7-8-14-22(19)30-25)16-20(27-28)18-11-5-2-6-12-18/h1-15,21H,16H2,(H,26,29)/b23-15-/t21-,25+/m1/s1. The molecule has 31 heavy (non-hydrogen) atoms. The molecule has 5 nitrogen and oxygen atoms in total. The Kier molecular flexibility index (Phi) is 4.14. The molecule has 1 fully saturated rings. The van der Waals surface area contributed by atoms with E-state index >= 15 is 0 Å². The van der Waals surface area contributed by atoms with Gasteiger partial charge in [-0.3, -0.25) is 10.1 Å². The summed E-state index contributed by atoms with van der Waals surface area (Å²) < 4.78 is 6.43. The fourth-order valence-electron chi connectivity index (χ4n) is 4.25. The number of ether oxygens (including phenoxy) is 1. The maximum absolute atomic E-state index is 12.9. The Balaban J connectivity index is 1.43. The second-order valence-electron chi connectivity index (χ2n) is 7.67. The molecule has 1 N–H and O–H groups in total. The Morgan fingerprint density at radius 1 is 1.00 bits per heavy atom. The van der Waals surface area contributed by atoms with Crippen LogP contribution in [0.1, 0.15) is 29.2 Å². The van der Waals surface area contributed by atoms with E-state index in [0.29, 0.717) is 4.91 Å². The molecule has 3 aliphatic rings. The highest BCUT2D eigenvalue weighted by molar-refractivity contribution is 8.05. The van der Waals surface area contributed by atoms with Gasteiger partial charge < -0.3 is 4.74 Å². The Hall–Kier alpha value is -3.51. The van der Waals surface area contributed by atoms with Crippen LogP contribution in [0.2, 0.25) is 0 Å². The summed E-state index contributed by atoms with van der Waals surface area (Å²) in [6, 6.07) is 28.0. The van der Waals surface area contributed by atoms with Crippen molar-refractivity contribution >= 4 is 29.5 Å². The van der Waals surface area contributed by atoms with Gasteiger partial charge in [-0.15, -0.1) is 0 Å². The monoisotopic (exact) mass is 425 g/mol. The highest BCUT2D eigenvalue weighted by Crippen LogP contribution is 2.53. The fourth-order valence-corrected chi connectivity index (χ4v) is 5.42. The zero-order valence-corrected chi connectivity index (χ0v) is 17.4. The van der Waals surface area contributed by atoms with E-state index in [9.17, 15) is 4.79 Å². The average molecular weight is 426 g/mol. The molecule has 1 spiro atoms. The predicted molar refractivity (Wildman–Crippen MR) is 122 cm³/mol. The van der Waals surface area contributed by atoms with Crippen molar-refractivity contribution in [3.8, 4) is 5.75 Å². The number of para-hydroxylation sites is 1. The van der Waals surface area contributed by atoms with Crippen molar-refractivity contribution in [2.45, 2.75) is 17.6 Å². The van der Waals surface area contributed by atoms with Crippen molar-refractivity contribution in [1.82, 2.24) is 10.3 Å². The van der Waals surface area contributed by atoms with Crippen molar-refractivity contribution in [1.29, 1.82) is 0 Å². The van der Waals surface area contributed by atoms with E-state index in [1.165, 1.54) is 11.8 Å². The molecule has 6 heteroatoms. The van der Waals surface area contributed by atoms with Crippen LogP contribution in [0.3, 0.4) is 0 Å². The van der Waals surface area contributed by atoms with Gasteiger partial charge in [0.05, 0.1) is 16.7 Å². The molecule has 3 aromatic carbocycles. The normalized spacial score (nSPS) is 25.1. The first-order chi connectivity index (χ1) is 15.2. The van der Waals surface area contributed by atoms with E-state index in [4.69, 9.17) is 9.84 Å². The number of hydrogen-bond donors (Lipinski definition) is 1. The lowest BCUT2D eigenvalue weighted by molar-refractivity contribution is -0.127. The fraction of sp³-hybridized carbons (Fsp3) is 0.120. The van der Waals surface area contributed by atoms with Crippen LogP contribution in [-0.4, -0.2) is 21.8 Å². The first kappa shape index (κ1) is 18.3. The summed E-state index contributed by atoms with van der Waals surface area (Å²) in [7, 11) is 0. The quantitative estimate of drug-likeness (QED) is 0.603. The maximum Gasteiger partial charge on any atom is 0.336 e. The molecule has 0 aliphatic carbocycles. The lowest BCUT2D eigenvalue weighted by Crippen LogP contribution is -2.58. The third kappa shape index (κ3) is 3.02. The van der Waals surface area contributed by atoms with E-state index in [2.05, 4.69) is 23.5 Å². The zero-order valence-electron chi connectivity index (χ0n) is 16.6. The summed E-state index contributed by atoms with van der Waals surface area (Å²) >= 11 is 1.37. The van der Waals surface area contributed by atoms with Gasteiger partial charge in [0.2, 0.25) is 0 Å². The topological polar surface area (TPSA) is 53.9 Å². The SMILES string of the molecule is O=C1N[C@]2(Oc3ccccc3[C@H]3CC(c4ccccc4)=NN32)S/C1=C\c1ccccc1. The number of hydrazone groups is 1. The van der Waals surface area contributed by atoms with Crippen molar-refractivity contribution in [2.75, 3.05) is 0 Å². The third-order valence-corrected chi connectivity index (χ3v) is 6.86. The summed E-state index contributed by atoms with van der Waals surface area (Å²) in [5.41, 5.74) is 4.12. The van der Waals surface area contributed by atoms with Gasteiger partial charge in [-0.05, 0) is 35.0 Å². The molecule has 2 atom stereocenters. The molecule has 152 valence electrons. The van der Waals surface area contributed by atoms with Crippen molar-refractivity contribution < 1.29 is 9.53 Å². The lowest BCUT2D eigenvalue weighted by Gasteiger charge is -2.43. The molecule has 1 saturated heterocycles. The molecule has 0 unspecified atom stereocenters. The van der Waals surface area contributed by atoms with Gasteiger partial charge in [0.15, 0.2) is 0 Å². The van der Waals surface area contributed by atoms with Crippen LogP contribution in [0.4, 0.5) is 0 Å². The first-order valence-electron chi connectivity index (χ1n) is 10.2. The molecular formula is C25H19N3O2S. The van der Waals surface area contributed by atoms with Gasteiger partial charge in [-0.2, -0.15) is 5.10 Å². The third-order valence-electron chi connectivity index (χ3n) is 5.69. The van der Waals surface area contributed by atoms with E-state index < -0.39 is 5.18 Å².